The van der Waals surface area contributed by atoms with E-state index >= 15 is 0 Å². The Kier molecular flexibility index (Phi) is 5.22. The quantitative estimate of drug-likeness (QED) is 0.403. The molecule has 0 fully saturated rings. The van der Waals surface area contributed by atoms with Gasteiger partial charge in [0.2, 0.25) is 11.5 Å². The highest BCUT2D eigenvalue weighted by Crippen LogP contribution is 2.52. The molecule has 0 aliphatic rings. The second-order valence-electron chi connectivity index (χ2n) is 5.33. The van der Waals surface area contributed by atoms with Crippen molar-refractivity contribution >= 4 is 27.5 Å². The second kappa shape index (κ2) is 7.58. The summed E-state index contributed by atoms with van der Waals surface area (Å²) in [4.78, 5) is 19.8. The van der Waals surface area contributed by atoms with Crippen LogP contribution >= 0.6 is 0 Å². The first kappa shape index (κ1) is 18.6. The van der Waals surface area contributed by atoms with Gasteiger partial charge in [0.1, 0.15) is 22.2 Å². The van der Waals surface area contributed by atoms with Crippen LogP contribution in [0, 0.1) is 0 Å². The van der Waals surface area contributed by atoms with Crippen molar-refractivity contribution < 1.29 is 28.3 Å². The summed E-state index contributed by atoms with van der Waals surface area (Å²) in [5.41, 5.74) is 0. The average molecular weight is 388 g/mol. The Morgan fingerprint density at radius 1 is 1.11 bits per heavy atom. The number of phenols is 1. The van der Waals surface area contributed by atoms with Crippen LogP contribution in [0.5, 0.6) is 23.0 Å². The smallest absolute Gasteiger partial charge is 0.308 e. The van der Waals surface area contributed by atoms with Crippen LogP contribution in [0.25, 0.3) is 10.8 Å². The van der Waals surface area contributed by atoms with Crippen LogP contribution in [0.2, 0.25) is 0 Å². The molecule has 0 spiro atoms. The third kappa shape index (κ3) is 3.28. The number of aromatic hydroxyl groups is 1. The Labute approximate surface area is 157 Å². The fourth-order valence-electron chi connectivity index (χ4n) is 2.68. The van der Waals surface area contributed by atoms with E-state index in [1.807, 2.05) is 0 Å². The molecule has 3 aromatic rings. The highest BCUT2D eigenvalue weighted by Gasteiger charge is 2.27. The molecule has 1 heterocycles. The minimum Gasteiger partial charge on any atom is -0.504 e. The van der Waals surface area contributed by atoms with Gasteiger partial charge < -0.3 is 19.3 Å². The number of nitrogens with zero attached hydrogens (tertiary/aromatic N) is 2. The first-order chi connectivity index (χ1) is 13.0. The highest BCUT2D eigenvalue weighted by atomic mass is 32.2. The van der Waals surface area contributed by atoms with Crippen molar-refractivity contribution in [3.63, 3.8) is 0 Å². The van der Waals surface area contributed by atoms with E-state index in [9.17, 15) is 14.1 Å². The number of hydrogen-bond donors (Lipinski definition) is 1. The van der Waals surface area contributed by atoms with Crippen molar-refractivity contribution in [3.05, 3.63) is 36.8 Å². The number of esters is 1. The van der Waals surface area contributed by atoms with Crippen LogP contribution in [0.4, 0.5) is 0 Å². The van der Waals surface area contributed by atoms with Crippen molar-refractivity contribution in [2.75, 3.05) is 14.2 Å². The van der Waals surface area contributed by atoms with Gasteiger partial charge in [0.15, 0.2) is 11.5 Å². The van der Waals surface area contributed by atoms with Gasteiger partial charge in [-0.15, -0.1) is 0 Å². The van der Waals surface area contributed by atoms with Crippen molar-refractivity contribution in [2.45, 2.75) is 16.8 Å². The van der Waals surface area contributed by atoms with Gasteiger partial charge in [0, 0.05) is 23.9 Å². The van der Waals surface area contributed by atoms with Crippen molar-refractivity contribution in [3.8, 4) is 23.0 Å². The number of rotatable bonds is 5. The number of carbonyl (C=O) groups is 1. The lowest BCUT2D eigenvalue weighted by Gasteiger charge is -2.18. The van der Waals surface area contributed by atoms with E-state index in [1.165, 1.54) is 39.7 Å². The summed E-state index contributed by atoms with van der Waals surface area (Å²) >= 11 is 0. The van der Waals surface area contributed by atoms with Gasteiger partial charge in [0.05, 0.1) is 19.1 Å². The van der Waals surface area contributed by atoms with E-state index in [0.717, 1.165) is 0 Å². The van der Waals surface area contributed by atoms with E-state index in [-0.39, 0.29) is 33.4 Å². The largest absolute Gasteiger partial charge is 0.504 e. The molecule has 0 aliphatic carbocycles. The number of aromatic nitrogens is 2. The topological polar surface area (TPSA) is 108 Å². The minimum atomic E-state index is -1.72. The van der Waals surface area contributed by atoms with Crippen molar-refractivity contribution in [2.24, 2.45) is 0 Å². The van der Waals surface area contributed by atoms with Gasteiger partial charge >= 0.3 is 5.97 Å². The Hall–Kier alpha value is -3.20. The number of ether oxygens (including phenoxy) is 3. The van der Waals surface area contributed by atoms with Gasteiger partial charge in [-0.25, -0.2) is 14.2 Å². The summed E-state index contributed by atoms with van der Waals surface area (Å²) in [5.74, 6) is -0.796. The van der Waals surface area contributed by atoms with E-state index < -0.39 is 16.8 Å². The van der Waals surface area contributed by atoms with Crippen molar-refractivity contribution in [1.82, 2.24) is 9.97 Å². The Balaban J connectivity index is 2.41. The molecule has 0 aliphatic heterocycles. The molecule has 1 unspecified atom stereocenters. The molecule has 0 bridgehead atoms. The molecular formula is C18H16N2O6S. The zero-order valence-electron chi connectivity index (χ0n) is 14.8. The lowest BCUT2D eigenvalue weighted by atomic mass is 10.1. The summed E-state index contributed by atoms with van der Waals surface area (Å²) in [6.45, 7) is 1.23. The summed E-state index contributed by atoms with van der Waals surface area (Å²) in [6, 6.07) is 6.33. The van der Waals surface area contributed by atoms with Gasteiger partial charge in [-0.3, -0.25) is 4.79 Å². The molecule has 0 amide bonds. The highest BCUT2D eigenvalue weighted by molar-refractivity contribution is 7.85. The normalized spacial score (nSPS) is 11.8. The summed E-state index contributed by atoms with van der Waals surface area (Å²) in [5, 5.41) is 11.5. The number of fused-ring (bicyclic) bond motifs is 1. The summed E-state index contributed by atoms with van der Waals surface area (Å²) < 4.78 is 29.0. The molecule has 1 aromatic heterocycles. The first-order valence-corrected chi connectivity index (χ1v) is 8.90. The van der Waals surface area contributed by atoms with Gasteiger partial charge in [0.25, 0.3) is 0 Å². The maximum absolute atomic E-state index is 13.1. The molecule has 140 valence electrons. The maximum Gasteiger partial charge on any atom is 0.308 e. The zero-order chi connectivity index (χ0) is 19.6. The molecule has 27 heavy (non-hydrogen) atoms. The van der Waals surface area contributed by atoms with Crippen LogP contribution in [-0.4, -0.2) is 39.5 Å². The van der Waals surface area contributed by atoms with Crippen LogP contribution in [0.15, 0.2) is 46.7 Å². The molecule has 2 aromatic carbocycles. The second-order valence-corrected chi connectivity index (χ2v) is 6.73. The number of hydrogen-bond acceptors (Lipinski definition) is 8. The Morgan fingerprint density at radius 3 is 2.44 bits per heavy atom. The lowest BCUT2D eigenvalue weighted by Crippen LogP contribution is -2.07. The summed E-state index contributed by atoms with van der Waals surface area (Å²) in [6.07, 6.45) is 2.76. The van der Waals surface area contributed by atoms with Gasteiger partial charge in [-0.2, -0.15) is 0 Å². The molecule has 8 nitrogen and oxygen atoms in total. The minimum absolute atomic E-state index is 0.00576. The molecule has 3 rings (SSSR count). The number of phenolic OH excluding ortho intramolecular Hbond substituents is 1. The SMILES string of the molecule is COc1c(OC)c(OC(C)=O)c2c(S(=O)c3ccncn3)cccc2c1O. The third-order valence-electron chi connectivity index (χ3n) is 3.73. The maximum atomic E-state index is 13.1. The molecule has 0 radical (unpaired) electrons. The predicted molar refractivity (Wildman–Crippen MR) is 96.7 cm³/mol. The van der Waals surface area contributed by atoms with E-state index in [2.05, 4.69) is 9.97 Å². The number of benzene rings is 2. The van der Waals surface area contributed by atoms with E-state index in [0.29, 0.717) is 10.3 Å². The van der Waals surface area contributed by atoms with E-state index in [1.54, 1.807) is 18.2 Å². The lowest BCUT2D eigenvalue weighted by molar-refractivity contribution is -0.131. The van der Waals surface area contributed by atoms with Crippen LogP contribution in [-0.2, 0) is 15.6 Å². The first-order valence-electron chi connectivity index (χ1n) is 7.75. The Morgan fingerprint density at radius 2 is 1.85 bits per heavy atom. The molecule has 9 heteroatoms. The van der Waals surface area contributed by atoms with Crippen LogP contribution in [0.3, 0.4) is 0 Å². The van der Waals surface area contributed by atoms with E-state index in [4.69, 9.17) is 14.2 Å². The Bertz CT molecular complexity index is 1040. The molecular weight excluding hydrogens is 372 g/mol. The van der Waals surface area contributed by atoms with Crippen LogP contribution in [0.1, 0.15) is 6.92 Å². The van der Waals surface area contributed by atoms with Gasteiger partial charge in [-0.1, -0.05) is 12.1 Å². The molecule has 0 saturated carbocycles. The standard InChI is InChI=1S/C18H16N2O6S/c1-10(21)26-16-14-11(15(22)17(24-2)18(16)25-3)5-4-6-12(14)27(23)13-7-8-19-9-20-13/h4-9,22H,1-3H3. The van der Waals surface area contributed by atoms with Crippen molar-refractivity contribution in [1.29, 1.82) is 0 Å². The predicted octanol–water partition coefficient (Wildman–Crippen LogP) is 2.44. The number of carbonyl (C=O) groups excluding carboxylic acids is 1. The fraction of sp³-hybridized carbons (Fsp3) is 0.167. The molecule has 0 saturated heterocycles. The molecule has 1 atom stereocenters. The zero-order valence-corrected chi connectivity index (χ0v) is 15.6. The summed E-state index contributed by atoms with van der Waals surface area (Å²) in [7, 11) is 0.975. The monoisotopic (exact) mass is 388 g/mol. The molecule has 1 N–H and O–H groups in total. The third-order valence-corrected chi connectivity index (χ3v) is 5.10. The number of methoxy groups -OCH3 is 2. The fourth-order valence-corrected chi connectivity index (χ4v) is 3.82. The average Bonchev–Trinajstić information content (AvgIpc) is 2.69. The van der Waals surface area contributed by atoms with Crippen LogP contribution < -0.4 is 14.2 Å². The van der Waals surface area contributed by atoms with Gasteiger partial charge in [-0.05, 0) is 12.1 Å².